The highest BCUT2D eigenvalue weighted by atomic mass is 16.5. The number of aromatic nitrogens is 1. The minimum absolute atomic E-state index is 0.00196. The second-order valence-corrected chi connectivity index (χ2v) is 5.72. The predicted molar refractivity (Wildman–Crippen MR) is 75.2 cm³/mol. The van der Waals surface area contributed by atoms with Crippen molar-refractivity contribution in [3.8, 4) is 0 Å². The Labute approximate surface area is 127 Å². The van der Waals surface area contributed by atoms with Crippen LogP contribution in [0.3, 0.4) is 0 Å². The summed E-state index contributed by atoms with van der Waals surface area (Å²) < 4.78 is 15.8. The van der Waals surface area contributed by atoms with Gasteiger partial charge in [0.2, 0.25) is 0 Å². The lowest BCUT2D eigenvalue weighted by Crippen LogP contribution is -2.43. The van der Waals surface area contributed by atoms with Crippen LogP contribution in [0.5, 0.6) is 0 Å². The number of hydrogen-bond donors (Lipinski definition) is 1. The Morgan fingerprint density at radius 3 is 3.00 bits per heavy atom. The molecule has 1 fully saturated rings. The molecule has 22 heavy (non-hydrogen) atoms. The summed E-state index contributed by atoms with van der Waals surface area (Å²) in [6.07, 6.45) is 4.04. The molecule has 3 rings (SSSR count). The lowest BCUT2D eigenvalue weighted by molar-refractivity contribution is -0.155. The molecular formula is C15H18N2O5. The average Bonchev–Trinajstić information content (AvgIpc) is 3.01. The van der Waals surface area contributed by atoms with Crippen LogP contribution in [0.15, 0.2) is 23.1 Å². The second kappa shape index (κ2) is 5.92. The molecule has 0 spiro atoms. The van der Waals surface area contributed by atoms with E-state index in [4.69, 9.17) is 19.7 Å². The zero-order valence-electron chi connectivity index (χ0n) is 12.2. The van der Waals surface area contributed by atoms with Crippen LogP contribution in [-0.2, 0) is 19.1 Å². The molecule has 1 saturated carbocycles. The van der Waals surface area contributed by atoms with Crippen molar-refractivity contribution in [2.75, 3.05) is 0 Å². The molecule has 1 aliphatic carbocycles. The molecule has 1 aliphatic heterocycles. The fourth-order valence-corrected chi connectivity index (χ4v) is 2.87. The van der Waals surface area contributed by atoms with Gasteiger partial charge in [-0.3, -0.25) is 9.59 Å². The first-order valence-electron chi connectivity index (χ1n) is 7.33. The van der Waals surface area contributed by atoms with Gasteiger partial charge in [0.1, 0.15) is 30.2 Å². The number of allylic oxidation sites excluding steroid dienone is 1. The summed E-state index contributed by atoms with van der Waals surface area (Å²) in [6, 6.07) is 0.981. The van der Waals surface area contributed by atoms with Crippen molar-refractivity contribution in [3.63, 3.8) is 0 Å². The molecule has 2 N–H and O–H groups in total. The molecule has 0 amide bonds. The first kappa shape index (κ1) is 14.8. The Balaban J connectivity index is 1.68. The van der Waals surface area contributed by atoms with E-state index in [1.54, 1.807) is 13.0 Å². The van der Waals surface area contributed by atoms with E-state index in [-0.39, 0.29) is 23.9 Å². The third kappa shape index (κ3) is 2.76. The Kier molecular flexibility index (Phi) is 3.98. The van der Waals surface area contributed by atoms with Crippen LogP contribution >= 0.6 is 0 Å². The van der Waals surface area contributed by atoms with Gasteiger partial charge in [-0.25, -0.2) is 0 Å². The molecule has 1 aromatic rings. The minimum atomic E-state index is -0.648. The van der Waals surface area contributed by atoms with E-state index in [0.717, 1.165) is 0 Å². The summed E-state index contributed by atoms with van der Waals surface area (Å²) in [5.74, 6) is -0.659. The largest absolute Gasteiger partial charge is 0.496 e. The topological polar surface area (TPSA) is 105 Å². The predicted octanol–water partition coefficient (Wildman–Crippen LogP) is 1.04. The number of Topliss-reactive ketones (excluding diaryl/α,β-unsaturated/α-hetero) is 1. The van der Waals surface area contributed by atoms with Crippen LogP contribution in [0.2, 0.25) is 0 Å². The van der Waals surface area contributed by atoms with Gasteiger partial charge >= 0.3 is 5.97 Å². The van der Waals surface area contributed by atoms with Crippen LogP contribution < -0.4 is 5.73 Å². The van der Waals surface area contributed by atoms with Gasteiger partial charge in [-0.15, -0.1) is 0 Å². The van der Waals surface area contributed by atoms with Crippen LogP contribution in [0, 0.1) is 5.92 Å². The zero-order valence-corrected chi connectivity index (χ0v) is 12.2. The van der Waals surface area contributed by atoms with Crippen molar-refractivity contribution in [2.45, 2.75) is 44.4 Å². The number of carbonyl (C=O) groups is 2. The van der Waals surface area contributed by atoms with Gasteiger partial charge < -0.3 is 19.7 Å². The van der Waals surface area contributed by atoms with Crippen LogP contribution in [0.4, 0.5) is 0 Å². The number of esters is 1. The van der Waals surface area contributed by atoms with E-state index in [0.29, 0.717) is 30.5 Å². The molecule has 7 nitrogen and oxygen atoms in total. The first-order chi connectivity index (χ1) is 10.6. The van der Waals surface area contributed by atoms with Crippen molar-refractivity contribution in [2.24, 2.45) is 11.7 Å². The zero-order chi connectivity index (χ0) is 15.7. The second-order valence-electron chi connectivity index (χ2n) is 5.72. The van der Waals surface area contributed by atoms with Crippen LogP contribution in [0.25, 0.3) is 5.57 Å². The standard InChI is InChI=1S/C15H18N2O5/c1-8(16)15(19)22-9-2-3-10-13(6-9)20-7-11(14(10)18)12-4-5-21-17-12/h4-5,7-10,13H,2-3,6,16H2,1H3. The van der Waals surface area contributed by atoms with E-state index in [1.807, 2.05) is 0 Å². The molecule has 0 aromatic carbocycles. The molecule has 2 heterocycles. The number of ketones is 1. The van der Waals surface area contributed by atoms with Gasteiger partial charge in [0.15, 0.2) is 5.78 Å². The number of rotatable bonds is 3. The maximum absolute atomic E-state index is 12.5. The maximum atomic E-state index is 12.5. The normalized spacial score (nSPS) is 29.1. The van der Waals surface area contributed by atoms with Gasteiger partial charge in [-0.1, -0.05) is 5.16 Å². The van der Waals surface area contributed by atoms with Crippen molar-refractivity contribution in [1.82, 2.24) is 5.16 Å². The fourth-order valence-electron chi connectivity index (χ4n) is 2.87. The summed E-state index contributed by atoms with van der Waals surface area (Å²) in [4.78, 5) is 24.1. The highest BCUT2D eigenvalue weighted by Crippen LogP contribution is 2.36. The van der Waals surface area contributed by atoms with Crippen molar-refractivity contribution in [3.05, 3.63) is 24.3 Å². The van der Waals surface area contributed by atoms with Gasteiger partial charge in [0.25, 0.3) is 0 Å². The molecule has 0 radical (unpaired) electrons. The molecule has 2 aliphatic rings. The van der Waals surface area contributed by atoms with E-state index in [1.165, 1.54) is 12.5 Å². The third-order valence-corrected chi connectivity index (χ3v) is 4.07. The monoisotopic (exact) mass is 306 g/mol. The van der Waals surface area contributed by atoms with E-state index < -0.39 is 12.0 Å². The molecule has 0 bridgehead atoms. The summed E-state index contributed by atoms with van der Waals surface area (Å²) in [5.41, 5.74) is 6.41. The Bertz CT molecular complexity index is 593. The van der Waals surface area contributed by atoms with Gasteiger partial charge in [-0.2, -0.15) is 0 Å². The highest BCUT2D eigenvalue weighted by molar-refractivity contribution is 6.21. The molecule has 118 valence electrons. The van der Waals surface area contributed by atoms with Crippen LogP contribution in [-0.4, -0.2) is 35.2 Å². The van der Waals surface area contributed by atoms with Crippen molar-refractivity contribution in [1.29, 1.82) is 0 Å². The Morgan fingerprint density at radius 1 is 1.50 bits per heavy atom. The number of nitrogens with zero attached hydrogens (tertiary/aromatic N) is 1. The molecule has 1 aromatic heterocycles. The number of fused-ring (bicyclic) bond motifs is 1. The summed E-state index contributed by atoms with van der Waals surface area (Å²) >= 11 is 0. The maximum Gasteiger partial charge on any atom is 0.322 e. The quantitative estimate of drug-likeness (QED) is 0.832. The SMILES string of the molecule is CC(N)C(=O)OC1CCC2C(=O)C(c3ccon3)=COC2C1. The van der Waals surface area contributed by atoms with Crippen molar-refractivity contribution >= 4 is 17.3 Å². The molecule has 4 unspecified atom stereocenters. The smallest absolute Gasteiger partial charge is 0.322 e. The first-order valence-corrected chi connectivity index (χ1v) is 7.33. The lowest BCUT2D eigenvalue weighted by Gasteiger charge is -2.37. The summed E-state index contributed by atoms with van der Waals surface area (Å²) in [5, 5.41) is 3.77. The molecule has 4 atom stereocenters. The fraction of sp³-hybridized carbons (Fsp3) is 0.533. The van der Waals surface area contributed by atoms with Gasteiger partial charge in [0.05, 0.1) is 17.8 Å². The van der Waals surface area contributed by atoms with E-state index in [9.17, 15) is 9.59 Å². The third-order valence-electron chi connectivity index (χ3n) is 4.07. The Morgan fingerprint density at radius 2 is 2.32 bits per heavy atom. The summed E-state index contributed by atoms with van der Waals surface area (Å²) in [6.45, 7) is 1.58. The Hall–Kier alpha value is -2.15. The average molecular weight is 306 g/mol. The van der Waals surface area contributed by atoms with Crippen LogP contribution in [0.1, 0.15) is 31.9 Å². The van der Waals surface area contributed by atoms with Gasteiger partial charge in [0, 0.05) is 12.5 Å². The number of ether oxygens (including phenoxy) is 2. The summed E-state index contributed by atoms with van der Waals surface area (Å²) in [7, 11) is 0. The number of carbonyl (C=O) groups excluding carboxylic acids is 2. The number of hydrogen-bond acceptors (Lipinski definition) is 7. The lowest BCUT2D eigenvalue weighted by atomic mass is 9.78. The van der Waals surface area contributed by atoms with Gasteiger partial charge in [-0.05, 0) is 19.8 Å². The molecular weight excluding hydrogens is 288 g/mol. The molecule has 7 heteroatoms. The highest BCUT2D eigenvalue weighted by Gasteiger charge is 2.42. The minimum Gasteiger partial charge on any atom is -0.496 e. The van der Waals surface area contributed by atoms with E-state index >= 15 is 0 Å². The van der Waals surface area contributed by atoms with Crippen molar-refractivity contribution < 1.29 is 23.6 Å². The number of nitrogens with two attached hydrogens (primary N) is 1. The van der Waals surface area contributed by atoms with E-state index in [2.05, 4.69) is 5.16 Å². The molecule has 0 saturated heterocycles.